The maximum absolute atomic E-state index is 13.1. The highest BCUT2D eigenvalue weighted by Gasteiger charge is 2.15. The lowest BCUT2D eigenvalue weighted by Crippen LogP contribution is -2.19. The zero-order valence-electron chi connectivity index (χ0n) is 13.0. The Labute approximate surface area is 134 Å². The summed E-state index contributed by atoms with van der Waals surface area (Å²) < 4.78 is 15.0. The standard InChI is InChI=1S/C19H20FNO2/c20-17-8-6-15(7-9-17)18-12-21(11-16(13-22)19(18)23)10-14-4-2-1-3-5-14/h6-9,11-14H,1-5,10H2. The van der Waals surface area contributed by atoms with E-state index in [1.807, 2.05) is 4.57 Å². The largest absolute Gasteiger partial charge is 0.352 e. The first kappa shape index (κ1) is 15.7. The van der Waals surface area contributed by atoms with Gasteiger partial charge in [-0.2, -0.15) is 0 Å². The van der Waals surface area contributed by atoms with Gasteiger partial charge in [0.05, 0.1) is 5.56 Å². The minimum atomic E-state index is -0.345. The molecule has 0 saturated heterocycles. The van der Waals surface area contributed by atoms with Crippen LogP contribution in [0.1, 0.15) is 42.5 Å². The summed E-state index contributed by atoms with van der Waals surface area (Å²) in [4.78, 5) is 23.6. The van der Waals surface area contributed by atoms with Crippen molar-refractivity contribution >= 4 is 6.29 Å². The van der Waals surface area contributed by atoms with Crippen LogP contribution in [0.2, 0.25) is 0 Å². The Hall–Kier alpha value is -2.23. The van der Waals surface area contributed by atoms with Gasteiger partial charge in [0.15, 0.2) is 11.7 Å². The number of hydrogen-bond donors (Lipinski definition) is 0. The van der Waals surface area contributed by atoms with Crippen molar-refractivity contribution in [3.05, 3.63) is 58.3 Å². The summed E-state index contributed by atoms with van der Waals surface area (Å²) in [5, 5.41) is 0. The third-order valence-electron chi connectivity index (χ3n) is 4.58. The van der Waals surface area contributed by atoms with E-state index in [4.69, 9.17) is 0 Å². The predicted molar refractivity (Wildman–Crippen MR) is 88.1 cm³/mol. The number of rotatable bonds is 4. The summed E-state index contributed by atoms with van der Waals surface area (Å²) >= 11 is 0. The van der Waals surface area contributed by atoms with Crippen molar-refractivity contribution in [1.82, 2.24) is 4.57 Å². The van der Waals surface area contributed by atoms with Gasteiger partial charge in [0, 0.05) is 24.5 Å². The molecule has 0 aliphatic heterocycles. The Morgan fingerprint density at radius 1 is 1.09 bits per heavy atom. The molecule has 0 spiro atoms. The van der Waals surface area contributed by atoms with Crippen molar-refractivity contribution in [3.63, 3.8) is 0 Å². The van der Waals surface area contributed by atoms with Gasteiger partial charge in [0.25, 0.3) is 0 Å². The van der Waals surface area contributed by atoms with Gasteiger partial charge in [-0.05, 0) is 36.5 Å². The van der Waals surface area contributed by atoms with Gasteiger partial charge < -0.3 is 4.57 Å². The van der Waals surface area contributed by atoms with E-state index in [2.05, 4.69) is 0 Å². The van der Waals surface area contributed by atoms with Gasteiger partial charge in [-0.15, -0.1) is 0 Å². The van der Waals surface area contributed by atoms with Gasteiger partial charge in [-0.1, -0.05) is 31.4 Å². The molecule has 0 atom stereocenters. The molecule has 0 unspecified atom stereocenters. The van der Waals surface area contributed by atoms with Gasteiger partial charge in [0.2, 0.25) is 0 Å². The minimum Gasteiger partial charge on any atom is -0.352 e. The molecule has 1 aromatic carbocycles. The Bertz CT molecular complexity index is 743. The molecule has 4 heteroatoms. The molecule has 1 saturated carbocycles. The Balaban J connectivity index is 1.97. The summed E-state index contributed by atoms with van der Waals surface area (Å²) in [5.41, 5.74) is 0.942. The van der Waals surface area contributed by atoms with E-state index < -0.39 is 0 Å². The molecule has 1 aliphatic carbocycles. The smallest absolute Gasteiger partial charge is 0.199 e. The second-order valence-corrected chi connectivity index (χ2v) is 6.28. The number of carbonyl (C=O) groups is 1. The first-order chi connectivity index (χ1) is 11.2. The fourth-order valence-electron chi connectivity index (χ4n) is 3.35. The number of pyridine rings is 1. The van der Waals surface area contributed by atoms with Crippen LogP contribution in [-0.4, -0.2) is 10.9 Å². The van der Waals surface area contributed by atoms with Crippen molar-refractivity contribution in [3.8, 4) is 11.1 Å². The zero-order chi connectivity index (χ0) is 16.2. The molecule has 0 amide bonds. The summed E-state index contributed by atoms with van der Waals surface area (Å²) in [6, 6.07) is 5.80. The first-order valence-electron chi connectivity index (χ1n) is 8.12. The highest BCUT2D eigenvalue weighted by atomic mass is 19.1. The summed E-state index contributed by atoms with van der Waals surface area (Å²) in [6.07, 6.45) is 10.2. The maximum atomic E-state index is 13.1. The topological polar surface area (TPSA) is 39.1 Å². The lowest BCUT2D eigenvalue weighted by atomic mass is 9.89. The molecule has 0 N–H and O–H groups in total. The molecular formula is C19H20FNO2. The summed E-state index contributed by atoms with van der Waals surface area (Å²) in [6.45, 7) is 0.815. The van der Waals surface area contributed by atoms with E-state index in [0.29, 0.717) is 23.3 Å². The van der Waals surface area contributed by atoms with Crippen LogP contribution in [0.25, 0.3) is 11.1 Å². The molecule has 1 aliphatic rings. The maximum Gasteiger partial charge on any atom is 0.199 e. The van der Waals surface area contributed by atoms with Crippen LogP contribution in [0.3, 0.4) is 0 Å². The highest BCUT2D eigenvalue weighted by molar-refractivity contribution is 5.77. The van der Waals surface area contributed by atoms with Crippen LogP contribution in [-0.2, 0) is 6.54 Å². The average Bonchev–Trinajstić information content (AvgIpc) is 2.58. The highest BCUT2D eigenvalue weighted by Crippen LogP contribution is 2.25. The molecule has 0 bridgehead atoms. The number of nitrogens with zero attached hydrogens (tertiary/aromatic N) is 1. The van der Waals surface area contributed by atoms with Gasteiger partial charge in [-0.3, -0.25) is 9.59 Å². The fourth-order valence-corrected chi connectivity index (χ4v) is 3.35. The van der Waals surface area contributed by atoms with Crippen molar-refractivity contribution in [2.24, 2.45) is 5.92 Å². The number of aromatic nitrogens is 1. The third-order valence-corrected chi connectivity index (χ3v) is 4.58. The van der Waals surface area contributed by atoms with E-state index in [1.165, 1.54) is 44.2 Å². The average molecular weight is 313 g/mol. The van der Waals surface area contributed by atoms with Gasteiger partial charge >= 0.3 is 0 Å². The van der Waals surface area contributed by atoms with Crippen LogP contribution in [0, 0.1) is 11.7 Å². The Morgan fingerprint density at radius 2 is 1.78 bits per heavy atom. The van der Waals surface area contributed by atoms with Crippen molar-refractivity contribution in [2.45, 2.75) is 38.6 Å². The molecule has 1 heterocycles. The van der Waals surface area contributed by atoms with Crippen LogP contribution >= 0.6 is 0 Å². The van der Waals surface area contributed by atoms with Crippen LogP contribution in [0.15, 0.2) is 41.5 Å². The molecule has 3 rings (SSSR count). The summed E-state index contributed by atoms with van der Waals surface area (Å²) in [7, 11) is 0. The van der Waals surface area contributed by atoms with Gasteiger partial charge in [0.1, 0.15) is 5.82 Å². The molecule has 1 aromatic heterocycles. The molecule has 1 fully saturated rings. The molecule has 3 nitrogen and oxygen atoms in total. The van der Waals surface area contributed by atoms with E-state index in [0.717, 1.165) is 6.54 Å². The number of carbonyl (C=O) groups excluding carboxylic acids is 1. The quantitative estimate of drug-likeness (QED) is 0.799. The predicted octanol–water partition coefficient (Wildman–Crippen LogP) is 4.05. The third kappa shape index (κ3) is 3.58. The lowest BCUT2D eigenvalue weighted by Gasteiger charge is -2.23. The number of benzene rings is 1. The van der Waals surface area contributed by atoms with Crippen molar-refractivity contribution < 1.29 is 9.18 Å². The Kier molecular flexibility index (Phi) is 4.70. The van der Waals surface area contributed by atoms with Crippen LogP contribution < -0.4 is 5.43 Å². The molecular weight excluding hydrogens is 293 g/mol. The zero-order valence-corrected chi connectivity index (χ0v) is 13.0. The molecule has 0 radical (unpaired) electrons. The first-order valence-corrected chi connectivity index (χ1v) is 8.12. The molecule has 2 aromatic rings. The van der Waals surface area contributed by atoms with Crippen molar-refractivity contribution in [1.29, 1.82) is 0 Å². The van der Waals surface area contributed by atoms with E-state index >= 15 is 0 Å². The van der Waals surface area contributed by atoms with Crippen molar-refractivity contribution in [2.75, 3.05) is 0 Å². The lowest BCUT2D eigenvalue weighted by molar-refractivity contribution is 0.112. The molecule has 23 heavy (non-hydrogen) atoms. The normalized spacial score (nSPS) is 15.5. The Morgan fingerprint density at radius 3 is 2.43 bits per heavy atom. The number of halogens is 1. The second kappa shape index (κ2) is 6.90. The summed E-state index contributed by atoms with van der Waals surface area (Å²) in [5.74, 6) is 0.245. The second-order valence-electron chi connectivity index (χ2n) is 6.28. The van der Waals surface area contributed by atoms with E-state index in [9.17, 15) is 14.0 Å². The SMILES string of the molecule is O=Cc1cn(CC2CCCCC2)cc(-c2ccc(F)cc2)c1=O. The molecule has 120 valence electrons. The minimum absolute atomic E-state index is 0.155. The monoisotopic (exact) mass is 313 g/mol. The number of aldehydes is 1. The van der Waals surface area contributed by atoms with Crippen LogP contribution in [0.4, 0.5) is 4.39 Å². The van der Waals surface area contributed by atoms with Crippen LogP contribution in [0.5, 0.6) is 0 Å². The fraction of sp³-hybridized carbons (Fsp3) is 0.368. The van der Waals surface area contributed by atoms with Gasteiger partial charge in [-0.25, -0.2) is 4.39 Å². The van der Waals surface area contributed by atoms with E-state index in [-0.39, 0.29) is 16.8 Å². The number of hydrogen-bond acceptors (Lipinski definition) is 2. The van der Waals surface area contributed by atoms with E-state index in [1.54, 1.807) is 24.5 Å².